The molecular formula is C89H110Cl4F2N8O16S4. The van der Waals surface area contributed by atoms with E-state index in [1.165, 1.54) is 55.6 Å². The number of nitrogens with zero attached hydrogens (tertiary/aromatic N) is 4. The second-order valence-electron chi connectivity index (χ2n) is 30.6. The lowest BCUT2D eigenvalue weighted by Gasteiger charge is -2.22. The summed E-state index contributed by atoms with van der Waals surface area (Å²) in [4.78, 5) is 43.2. The molecular weight excluding hydrogens is 1750 g/mol. The number of hydrogen-bond acceptors (Lipinski definition) is 13. The van der Waals surface area contributed by atoms with Crippen LogP contribution in [0.25, 0.3) is 0 Å². The zero-order chi connectivity index (χ0) is 87.4. The number of carbonyl (C=O) groups is 4. The van der Waals surface area contributed by atoms with Gasteiger partial charge >= 0.3 is 23.9 Å². The molecule has 8 aromatic rings. The number of aliphatic carboxylic acids is 4. The van der Waals surface area contributed by atoms with Gasteiger partial charge in [-0.05, 0) is 199 Å². The molecule has 12 rings (SSSR count). The van der Waals surface area contributed by atoms with Crippen LogP contribution in [0.3, 0.4) is 0 Å². The van der Waals surface area contributed by atoms with Crippen molar-refractivity contribution in [1.82, 2.24) is 5.32 Å². The number of fused-ring (bicyclic) bond motifs is 8. The van der Waals surface area contributed by atoms with Crippen molar-refractivity contribution >= 4 is 98.3 Å². The molecule has 11 N–H and O–H groups in total. The first-order chi connectivity index (χ1) is 57.0. The van der Waals surface area contributed by atoms with E-state index in [-0.39, 0.29) is 101 Å². The Morgan fingerprint density at radius 3 is 1.04 bits per heavy atom. The summed E-state index contributed by atoms with van der Waals surface area (Å²) in [5.41, 5.74) is 10.1. The molecule has 0 aliphatic carbocycles. The number of hydrogen-bond donors (Lipinski definition) is 8. The molecule has 0 amide bonds. The van der Waals surface area contributed by atoms with Crippen molar-refractivity contribution in [2.75, 3.05) is 71.6 Å². The van der Waals surface area contributed by atoms with Crippen LogP contribution in [0.1, 0.15) is 219 Å². The number of aryl methyl sites for hydroxylation is 3. The van der Waals surface area contributed by atoms with E-state index in [2.05, 4.69) is 27.2 Å². The summed E-state index contributed by atoms with van der Waals surface area (Å²) >= 11 is 6.39. The molecule has 4 unspecified atom stereocenters. The summed E-state index contributed by atoms with van der Waals surface area (Å²) in [7, 11) is -8.83. The van der Waals surface area contributed by atoms with Crippen LogP contribution >= 0.6 is 11.6 Å². The Balaban J connectivity index is 0.000000252. The molecule has 0 radical (unpaired) electrons. The molecule has 4 heterocycles. The van der Waals surface area contributed by atoms with Crippen molar-refractivity contribution in [2.45, 2.75) is 193 Å². The Labute approximate surface area is 745 Å². The minimum absolute atomic E-state index is 0. The smallest absolute Gasteiger partial charge is 0.303 e. The lowest BCUT2D eigenvalue weighted by Crippen LogP contribution is -3.00. The molecule has 24 nitrogen and oxygen atoms in total. The predicted octanol–water partition coefficient (Wildman–Crippen LogP) is 3.93. The Hall–Kier alpha value is -8.94. The average molecular weight is 1860 g/mol. The molecule has 668 valence electrons. The van der Waals surface area contributed by atoms with Gasteiger partial charge in [-0.3, -0.25) is 36.4 Å². The van der Waals surface area contributed by atoms with E-state index in [4.69, 9.17) is 38.5 Å². The van der Waals surface area contributed by atoms with Gasteiger partial charge in [-0.1, -0.05) is 128 Å². The number of anilines is 4. The van der Waals surface area contributed by atoms with E-state index in [1.807, 2.05) is 85.8 Å². The van der Waals surface area contributed by atoms with Crippen molar-refractivity contribution in [3.63, 3.8) is 0 Å². The first-order valence-corrected chi connectivity index (χ1v) is 46.6. The first-order valence-electron chi connectivity index (χ1n) is 40.5. The van der Waals surface area contributed by atoms with E-state index in [0.717, 1.165) is 130 Å². The maximum absolute atomic E-state index is 14.5. The SMILES string of the molecule is C#Cc1ccc2c(c1)S(=O)(=O)N(C)c1ccccc1C2[NH2+]CCCCCCC(=O)O.Cc1cc2c(cc1Cl)C([NH2+]CCCCCCC(=O)O)c1ccccc1N(C)S2(=O)=O.Cc1cc2c(cc1F)C(NCCCCCCC(=O)O)c1ccccc1N(C)S2(=O)=O.Cc1cc2c(cc1F)C([NH2+]CCCCCCC(=O)O)c1ccccc1N(C)S2(=O)=O.[Cl-].[Cl-].[Cl-]. The number of terminal acetylenes is 1. The number of para-hydroxylation sites is 4. The van der Waals surface area contributed by atoms with Gasteiger partial charge in [0.25, 0.3) is 40.1 Å². The first kappa shape index (κ1) is 103. The summed E-state index contributed by atoms with van der Waals surface area (Å²) < 4.78 is 140. The lowest BCUT2D eigenvalue weighted by molar-refractivity contribution is -0.687. The van der Waals surface area contributed by atoms with Crippen molar-refractivity contribution < 1.29 is 135 Å². The molecule has 4 aliphatic rings. The van der Waals surface area contributed by atoms with Gasteiger partial charge < -0.3 is 78.9 Å². The maximum Gasteiger partial charge on any atom is 0.303 e. The number of nitrogens with two attached hydrogens (primary N) is 3. The summed E-state index contributed by atoms with van der Waals surface area (Å²) in [5.74, 6) is -1.41. The van der Waals surface area contributed by atoms with E-state index in [9.17, 15) is 61.6 Å². The number of carboxylic acid groups (broad SMARTS) is 4. The van der Waals surface area contributed by atoms with Crippen LogP contribution in [-0.4, -0.2) is 132 Å². The van der Waals surface area contributed by atoms with E-state index >= 15 is 0 Å². The van der Waals surface area contributed by atoms with Crippen molar-refractivity contribution in [3.05, 3.63) is 235 Å². The number of quaternary nitrogens is 3. The summed E-state index contributed by atoms with van der Waals surface area (Å²) in [6.45, 7) is 7.89. The standard InChI is InChI=1S/C23H26N2O4S.C22H27ClN2O4S.2C22H27FN2O4S.3ClH/c1-3-17-13-14-19-21(16-17)30(28,29)25(2)20-11-8-7-10-18(20)23(19)24-15-9-5-4-6-12-22(26)27;3*1-15-13-20-17(14-18(15)23)22(24-12-8-4-3-5-11-21(26)27)16-9-6-7-10-19(16)25(2)30(20,28)29;;;/h1,7-8,10-11,13-14,16,23-24H,4-6,9,12,15H2,2H3,(H,26,27);3*6-7,9-10,13-14,22,24H,3-5,8,11-12H2,1-2H3,(H,26,27);3*1H. The van der Waals surface area contributed by atoms with Crippen LogP contribution in [0.5, 0.6) is 0 Å². The minimum atomic E-state index is -3.82. The maximum atomic E-state index is 14.5. The van der Waals surface area contributed by atoms with Crippen molar-refractivity contribution in [1.29, 1.82) is 0 Å². The van der Waals surface area contributed by atoms with Crippen LogP contribution in [0.2, 0.25) is 5.02 Å². The Morgan fingerprint density at radius 1 is 0.382 bits per heavy atom. The number of halogens is 6. The molecule has 34 heteroatoms. The highest BCUT2D eigenvalue weighted by molar-refractivity contribution is 7.93. The van der Waals surface area contributed by atoms with Gasteiger partial charge in [0.1, 0.15) is 29.8 Å². The number of carboxylic acids is 4. The quantitative estimate of drug-likeness (QED) is 0.0219. The molecule has 0 saturated heterocycles. The molecule has 0 saturated carbocycles. The molecule has 8 aromatic carbocycles. The zero-order valence-corrected chi connectivity index (χ0v) is 76.2. The highest BCUT2D eigenvalue weighted by Crippen LogP contribution is 2.45. The second-order valence-corrected chi connectivity index (χ2v) is 38.7. The summed E-state index contributed by atoms with van der Waals surface area (Å²) in [5, 5.41) is 45.2. The van der Waals surface area contributed by atoms with Crippen LogP contribution < -0.4 is 75.7 Å². The van der Waals surface area contributed by atoms with Gasteiger partial charge in [-0.15, -0.1) is 6.42 Å². The number of nitrogens with one attached hydrogen (secondary N) is 1. The van der Waals surface area contributed by atoms with Crippen molar-refractivity contribution in [2.24, 2.45) is 0 Å². The van der Waals surface area contributed by atoms with Gasteiger partial charge in [0.2, 0.25) is 0 Å². The van der Waals surface area contributed by atoms with Crippen LogP contribution in [-0.2, 0) is 59.3 Å². The minimum Gasteiger partial charge on any atom is -1.00 e. The second kappa shape index (κ2) is 46.9. The Morgan fingerprint density at radius 2 is 0.675 bits per heavy atom. The highest BCUT2D eigenvalue weighted by Gasteiger charge is 2.42. The third-order valence-corrected chi connectivity index (χ3v) is 30.0. The fourth-order valence-electron chi connectivity index (χ4n) is 15.6. The molecule has 4 atom stereocenters. The Bertz CT molecular complexity index is 5160. The van der Waals surface area contributed by atoms with Gasteiger partial charge in [0, 0.05) is 97.8 Å². The van der Waals surface area contributed by atoms with Gasteiger partial charge in [-0.25, -0.2) is 42.5 Å². The third kappa shape index (κ3) is 25.5. The highest BCUT2D eigenvalue weighted by atomic mass is 35.5. The normalized spacial score (nSPS) is 16.7. The third-order valence-electron chi connectivity index (χ3n) is 22.3. The van der Waals surface area contributed by atoms with Gasteiger partial charge in [-0.2, -0.15) is 0 Å². The largest absolute Gasteiger partial charge is 1.00 e. The van der Waals surface area contributed by atoms with E-state index in [1.54, 1.807) is 76.5 Å². The van der Waals surface area contributed by atoms with E-state index < -0.39 is 81.6 Å². The van der Waals surface area contributed by atoms with Crippen molar-refractivity contribution in [3.8, 4) is 12.3 Å². The van der Waals surface area contributed by atoms with Crippen LogP contribution in [0.4, 0.5) is 31.5 Å². The fourth-order valence-corrected chi connectivity index (χ4v) is 21.8. The van der Waals surface area contributed by atoms with E-state index in [0.29, 0.717) is 92.7 Å². The summed E-state index contributed by atoms with van der Waals surface area (Å²) in [6.07, 6.45) is 19.5. The summed E-state index contributed by atoms with van der Waals surface area (Å²) in [6, 6.07) is 42.7. The number of sulfonamides is 4. The Kier molecular flexibility index (Phi) is 39.2. The van der Waals surface area contributed by atoms with Gasteiger partial charge in [0.05, 0.1) is 68.0 Å². The molecule has 0 bridgehead atoms. The molecule has 123 heavy (non-hydrogen) atoms. The lowest BCUT2D eigenvalue weighted by atomic mass is 9.95. The topological polar surface area (TPSA) is 361 Å². The number of unbranched alkanes of at least 4 members (excludes halogenated alkanes) is 12. The number of rotatable bonds is 32. The van der Waals surface area contributed by atoms with Gasteiger partial charge in [0.15, 0.2) is 0 Å². The number of benzene rings is 8. The monoisotopic (exact) mass is 1850 g/mol. The fraction of sp³-hybridized carbons (Fsp3) is 0.393. The molecule has 0 spiro atoms. The predicted molar refractivity (Wildman–Crippen MR) is 460 cm³/mol. The average Bonchev–Trinajstić information content (AvgIpc) is 1.61. The van der Waals surface area contributed by atoms with Crippen LogP contribution in [0.15, 0.2) is 171 Å². The molecule has 0 aromatic heterocycles. The molecule has 4 aliphatic heterocycles. The molecule has 0 fully saturated rings. The zero-order valence-electron chi connectivity index (χ0n) is 69.9. The van der Waals surface area contributed by atoms with Crippen LogP contribution in [0, 0.1) is 44.7 Å².